The van der Waals surface area contributed by atoms with Crippen LogP contribution in [0.4, 0.5) is 0 Å². The Morgan fingerprint density at radius 3 is 2.00 bits per heavy atom. The molecule has 120 valence electrons. The minimum Gasteiger partial charge on any atom is -0.376 e. The quantitative estimate of drug-likeness (QED) is 0.664. The summed E-state index contributed by atoms with van der Waals surface area (Å²) in [7, 11) is 2.15. The maximum absolute atomic E-state index is 5.82. The molecule has 2 aliphatic heterocycles. The van der Waals surface area contributed by atoms with E-state index in [-0.39, 0.29) is 0 Å². The molecule has 0 bridgehead atoms. The summed E-state index contributed by atoms with van der Waals surface area (Å²) in [6.07, 6.45) is 2.98. The largest absolute Gasteiger partial charge is 0.376 e. The van der Waals surface area contributed by atoms with Crippen LogP contribution >= 0.6 is 0 Å². The van der Waals surface area contributed by atoms with Crippen LogP contribution in [0.1, 0.15) is 33.6 Å². The van der Waals surface area contributed by atoms with Crippen LogP contribution in [0.2, 0.25) is 0 Å². The fourth-order valence-corrected chi connectivity index (χ4v) is 2.84. The van der Waals surface area contributed by atoms with Gasteiger partial charge in [0, 0.05) is 52.4 Å². The zero-order valence-electron chi connectivity index (χ0n) is 14.1. The molecule has 4 heteroatoms. The summed E-state index contributed by atoms with van der Waals surface area (Å²) >= 11 is 0. The van der Waals surface area contributed by atoms with Crippen molar-refractivity contribution in [1.82, 2.24) is 14.7 Å². The first kappa shape index (κ1) is 17.9. The average Bonchev–Trinajstić information content (AvgIpc) is 2.45. The minimum atomic E-state index is 0.511. The Bertz CT molecular complexity index is 224. The number of rotatable bonds is 7. The van der Waals surface area contributed by atoms with Gasteiger partial charge in [0.25, 0.3) is 0 Å². The highest BCUT2D eigenvalue weighted by Gasteiger charge is 2.23. The van der Waals surface area contributed by atoms with Gasteiger partial charge in [-0.05, 0) is 26.4 Å². The van der Waals surface area contributed by atoms with E-state index < -0.39 is 0 Å². The van der Waals surface area contributed by atoms with Crippen molar-refractivity contribution in [2.75, 3.05) is 66.0 Å². The molecular formula is C16H35N3O. The highest BCUT2D eigenvalue weighted by molar-refractivity contribution is 4.77. The van der Waals surface area contributed by atoms with Crippen molar-refractivity contribution in [1.29, 1.82) is 0 Å². The Hall–Kier alpha value is -0.160. The molecular weight excluding hydrogens is 250 g/mol. The molecule has 0 unspecified atom stereocenters. The predicted octanol–water partition coefficient (Wildman–Crippen LogP) is 1.76. The second kappa shape index (κ2) is 10.6. The van der Waals surface area contributed by atoms with Gasteiger partial charge in [0.1, 0.15) is 0 Å². The van der Waals surface area contributed by atoms with Gasteiger partial charge >= 0.3 is 0 Å². The number of hydrogen-bond donors (Lipinski definition) is 0. The third-order valence-electron chi connectivity index (χ3n) is 4.01. The fourth-order valence-electron chi connectivity index (χ4n) is 2.84. The van der Waals surface area contributed by atoms with Gasteiger partial charge in [-0.15, -0.1) is 0 Å². The summed E-state index contributed by atoms with van der Waals surface area (Å²) in [6.45, 7) is 16.9. The van der Waals surface area contributed by atoms with E-state index in [2.05, 4.69) is 28.7 Å². The molecule has 0 aliphatic carbocycles. The van der Waals surface area contributed by atoms with Crippen molar-refractivity contribution in [2.45, 2.75) is 39.7 Å². The van der Waals surface area contributed by atoms with E-state index in [1.54, 1.807) is 0 Å². The monoisotopic (exact) mass is 285 g/mol. The number of likely N-dealkylation sites (N-methyl/N-ethyl adjacent to an activating group) is 1. The van der Waals surface area contributed by atoms with E-state index in [1.807, 2.05) is 13.8 Å². The minimum absolute atomic E-state index is 0.511. The summed E-state index contributed by atoms with van der Waals surface area (Å²) in [4.78, 5) is 7.47. The molecule has 0 spiro atoms. The van der Waals surface area contributed by atoms with Gasteiger partial charge in [-0.25, -0.2) is 0 Å². The predicted molar refractivity (Wildman–Crippen MR) is 86.4 cm³/mol. The van der Waals surface area contributed by atoms with Gasteiger partial charge < -0.3 is 19.4 Å². The highest BCUT2D eigenvalue weighted by atomic mass is 16.5. The van der Waals surface area contributed by atoms with Crippen molar-refractivity contribution in [3.63, 3.8) is 0 Å². The van der Waals surface area contributed by atoms with Crippen molar-refractivity contribution < 1.29 is 4.74 Å². The van der Waals surface area contributed by atoms with Gasteiger partial charge in [-0.2, -0.15) is 0 Å². The van der Waals surface area contributed by atoms with Gasteiger partial charge in [0.05, 0.1) is 6.10 Å². The molecule has 0 amide bonds. The van der Waals surface area contributed by atoms with Crippen LogP contribution in [0.3, 0.4) is 0 Å². The first-order valence-corrected chi connectivity index (χ1v) is 8.53. The average molecular weight is 285 g/mol. The molecule has 0 N–H and O–H groups in total. The summed E-state index contributed by atoms with van der Waals surface area (Å²) in [6, 6.07) is 0. The molecule has 0 radical (unpaired) electrons. The van der Waals surface area contributed by atoms with Crippen LogP contribution < -0.4 is 0 Å². The summed E-state index contributed by atoms with van der Waals surface area (Å²) in [5, 5.41) is 0. The number of ether oxygens (including phenoxy) is 1. The maximum Gasteiger partial charge on any atom is 0.0828 e. The van der Waals surface area contributed by atoms with Crippen LogP contribution in [-0.2, 0) is 4.74 Å². The lowest BCUT2D eigenvalue weighted by Crippen LogP contribution is -2.50. The van der Waals surface area contributed by atoms with E-state index in [4.69, 9.17) is 4.74 Å². The molecule has 2 rings (SSSR count). The van der Waals surface area contributed by atoms with Crippen LogP contribution in [-0.4, -0.2) is 86.8 Å². The molecule has 0 aromatic heterocycles. The Balaban J connectivity index is 0.000000956. The van der Waals surface area contributed by atoms with Crippen molar-refractivity contribution >= 4 is 0 Å². The zero-order chi connectivity index (χ0) is 14.8. The van der Waals surface area contributed by atoms with E-state index in [9.17, 15) is 0 Å². The molecule has 0 aromatic carbocycles. The summed E-state index contributed by atoms with van der Waals surface area (Å²) in [5.41, 5.74) is 0. The first-order chi connectivity index (χ1) is 9.78. The standard InChI is InChI=1S/C14H29N3O.C2H6/c1-3-5-16-7-9-17(10-8-16)6-4-11-18-14-12-15(2)13-14;1-2/h14H,3-13H2,1-2H3;1-2H3. The molecule has 20 heavy (non-hydrogen) atoms. The normalized spacial score (nSPS) is 22.2. The Morgan fingerprint density at radius 2 is 1.50 bits per heavy atom. The molecule has 0 atom stereocenters. The van der Waals surface area contributed by atoms with Gasteiger partial charge in [-0.1, -0.05) is 20.8 Å². The Kier molecular flexibility index (Phi) is 9.44. The zero-order valence-corrected chi connectivity index (χ0v) is 14.1. The van der Waals surface area contributed by atoms with Crippen LogP contribution in [0, 0.1) is 0 Å². The third-order valence-corrected chi connectivity index (χ3v) is 4.01. The number of nitrogens with zero attached hydrogens (tertiary/aromatic N) is 3. The lowest BCUT2D eigenvalue weighted by molar-refractivity contribution is -0.0458. The number of hydrogen-bond acceptors (Lipinski definition) is 4. The van der Waals surface area contributed by atoms with Crippen molar-refractivity contribution in [3.05, 3.63) is 0 Å². The van der Waals surface area contributed by atoms with E-state index in [1.165, 1.54) is 52.1 Å². The summed E-state index contributed by atoms with van der Waals surface area (Å²) < 4.78 is 5.82. The third kappa shape index (κ3) is 6.53. The van der Waals surface area contributed by atoms with E-state index in [0.717, 1.165) is 19.7 Å². The second-order valence-corrected chi connectivity index (χ2v) is 5.75. The fraction of sp³-hybridized carbons (Fsp3) is 1.00. The van der Waals surface area contributed by atoms with E-state index in [0.29, 0.717) is 6.10 Å². The van der Waals surface area contributed by atoms with Crippen molar-refractivity contribution in [2.24, 2.45) is 0 Å². The molecule has 2 aliphatic rings. The van der Waals surface area contributed by atoms with Gasteiger partial charge in [0.15, 0.2) is 0 Å². The molecule has 2 heterocycles. The molecule has 2 saturated heterocycles. The van der Waals surface area contributed by atoms with Crippen LogP contribution in [0.25, 0.3) is 0 Å². The molecule has 0 aromatic rings. The Morgan fingerprint density at radius 1 is 0.950 bits per heavy atom. The van der Waals surface area contributed by atoms with Crippen LogP contribution in [0.5, 0.6) is 0 Å². The van der Waals surface area contributed by atoms with Crippen LogP contribution in [0.15, 0.2) is 0 Å². The highest BCUT2D eigenvalue weighted by Crippen LogP contribution is 2.09. The topological polar surface area (TPSA) is 19.0 Å². The number of likely N-dealkylation sites (tertiary alicyclic amines) is 1. The van der Waals surface area contributed by atoms with Crippen molar-refractivity contribution in [3.8, 4) is 0 Å². The van der Waals surface area contributed by atoms with Gasteiger partial charge in [-0.3, -0.25) is 0 Å². The Labute approximate surface area is 126 Å². The lowest BCUT2D eigenvalue weighted by Gasteiger charge is -2.36. The second-order valence-electron chi connectivity index (χ2n) is 5.75. The first-order valence-electron chi connectivity index (χ1n) is 8.53. The van der Waals surface area contributed by atoms with Gasteiger partial charge in [0.2, 0.25) is 0 Å². The molecule has 0 saturated carbocycles. The maximum atomic E-state index is 5.82. The molecule has 4 nitrogen and oxygen atoms in total. The smallest absolute Gasteiger partial charge is 0.0828 e. The van der Waals surface area contributed by atoms with E-state index >= 15 is 0 Å². The molecule has 2 fully saturated rings. The number of piperazine rings is 1. The summed E-state index contributed by atoms with van der Waals surface area (Å²) in [5.74, 6) is 0. The lowest BCUT2D eigenvalue weighted by atomic mass is 10.2. The SMILES string of the molecule is CC.CCCN1CCN(CCCOC2CN(C)C2)CC1.